The van der Waals surface area contributed by atoms with E-state index < -0.39 is 9.28 Å². The van der Waals surface area contributed by atoms with Crippen LogP contribution in [-0.4, -0.2) is 9.28 Å². The van der Waals surface area contributed by atoms with Crippen LogP contribution in [0.15, 0.2) is 0 Å². The molecule has 0 saturated heterocycles. The van der Waals surface area contributed by atoms with E-state index in [-0.39, 0.29) is 0 Å². The Morgan fingerprint density at radius 3 is 1.75 bits per heavy atom. The molecule has 1 N–H and O–H groups in total. The molecule has 6 heteroatoms. The molecular formula is C2HCl4NO. The lowest BCUT2D eigenvalue weighted by Crippen LogP contribution is -2.29. The highest BCUT2D eigenvalue weighted by molar-refractivity contribution is 6.71. The summed E-state index contributed by atoms with van der Waals surface area (Å²) < 4.78 is -1.79. The van der Waals surface area contributed by atoms with Gasteiger partial charge < -0.3 is 0 Å². The van der Waals surface area contributed by atoms with E-state index in [9.17, 15) is 4.79 Å². The SMILES string of the molecule is O=C(Cl)NC(Cl)(Cl)Cl. The van der Waals surface area contributed by atoms with Crippen LogP contribution in [0.3, 0.4) is 0 Å². The monoisotopic (exact) mass is 195 g/mol. The number of halogens is 4. The Labute approximate surface area is 66.0 Å². The van der Waals surface area contributed by atoms with Gasteiger partial charge in [-0.15, -0.1) is 0 Å². The zero-order valence-corrected chi connectivity index (χ0v) is 6.44. The van der Waals surface area contributed by atoms with Crippen LogP contribution in [0.5, 0.6) is 0 Å². The molecule has 0 radical (unpaired) electrons. The van der Waals surface area contributed by atoms with E-state index in [1.54, 1.807) is 5.32 Å². The first-order valence-corrected chi connectivity index (χ1v) is 2.97. The van der Waals surface area contributed by atoms with E-state index in [4.69, 9.17) is 46.4 Å². The molecule has 0 aromatic heterocycles. The first kappa shape index (κ1) is 8.63. The number of alkyl halides is 3. The molecule has 0 bridgehead atoms. The van der Waals surface area contributed by atoms with Gasteiger partial charge in [0, 0.05) is 0 Å². The summed E-state index contributed by atoms with van der Waals surface area (Å²) >= 11 is 19.9. The average molecular weight is 197 g/mol. The average Bonchev–Trinajstić information content (AvgIpc) is 1.21. The van der Waals surface area contributed by atoms with Crippen molar-refractivity contribution in [3.63, 3.8) is 0 Å². The first-order chi connectivity index (χ1) is 3.42. The second-order valence-electron chi connectivity index (χ2n) is 0.896. The van der Waals surface area contributed by atoms with Crippen LogP contribution in [0.2, 0.25) is 0 Å². The van der Waals surface area contributed by atoms with Gasteiger partial charge in [-0.3, -0.25) is 10.1 Å². The minimum Gasteiger partial charge on any atom is -0.298 e. The molecule has 0 aliphatic heterocycles. The lowest BCUT2D eigenvalue weighted by Gasteiger charge is -2.08. The molecule has 0 fully saturated rings. The largest absolute Gasteiger partial charge is 0.317 e. The molecule has 0 saturated carbocycles. The van der Waals surface area contributed by atoms with Crippen molar-refractivity contribution in [1.82, 2.24) is 5.32 Å². The Kier molecular flexibility index (Phi) is 3.20. The molecule has 8 heavy (non-hydrogen) atoms. The molecule has 0 rings (SSSR count). The molecule has 48 valence electrons. The number of rotatable bonds is 0. The summed E-state index contributed by atoms with van der Waals surface area (Å²) in [5.41, 5.74) is 0. The van der Waals surface area contributed by atoms with Crippen LogP contribution in [0, 0.1) is 0 Å². The molecule has 0 unspecified atom stereocenters. The number of carbonyl (C=O) groups is 1. The van der Waals surface area contributed by atoms with E-state index >= 15 is 0 Å². The van der Waals surface area contributed by atoms with Gasteiger partial charge in [-0.25, -0.2) is 0 Å². The summed E-state index contributed by atoms with van der Waals surface area (Å²) in [5.74, 6) is 0. The van der Waals surface area contributed by atoms with E-state index in [1.165, 1.54) is 0 Å². The quantitative estimate of drug-likeness (QED) is 0.360. The molecule has 0 aliphatic rings. The third-order valence-corrected chi connectivity index (χ3v) is 0.618. The third-order valence-electron chi connectivity index (χ3n) is 0.240. The van der Waals surface area contributed by atoms with Crippen LogP contribution in [0.4, 0.5) is 4.79 Å². The van der Waals surface area contributed by atoms with E-state index in [1.807, 2.05) is 0 Å². The Balaban J connectivity index is 3.55. The molecule has 0 atom stereocenters. The van der Waals surface area contributed by atoms with Crippen LogP contribution in [0.1, 0.15) is 0 Å². The van der Waals surface area contributed by atoms with Gasteiger partial charge in [-0.2, -0.15) is 0 Å². The van der Waals surface area contributed by atoms with E-state index in [0.29, 0.717) is 0 Å². The normalized spacial score (nSPS) is 11.0. The Bertz CT molecular complexity index is 96.7. The standard InChI is InChI=1S/C2HCl4NO/c3-1(8)7-2(4,5)6/h(H,7,8). The third kappa shape index (κ3) is 6.63. The fourth-order valence-corrected chi connectivity index (χ4v) is 0.656. The molecule has 0 spiro atoms. The summed E-state index contributed by atoms with van der Waals surface area (Å²) in [7, 11) is 0. The molecule has 0 aromatic rings. The van der Waals surface area contributed by atoms with Crippen molar-refractivity contribution >= 4 is 51.8 Å². The van der Waals surface area contributed by atoms with Crippen molar-refractivity contribution in [3.05, 3.63) is 0 Å². The summed E-state index contributed by atoms with van der Waals surface area (Å²) in [5, 5.41) is 0.907. The minimum absolute atomic E-state index is 0.898. The first-order valence-electron chi connectivity index (χ1n) is 1.46. The van der Waals surface area contributed by atoms with Crippen molar-refractivity contribution < 1.29 is 4.79 Å². The fourth-order valence-electron chi connectivity index (χ4n) is 0.111. The van der Waals surface area contributed by atoms with E-state index in [0.717, 1.165) is 0 Å². The van der Waals surface area contributed by atoms with Gasteiger partial charge in [0.05, 0.1) is 0 Å². The molecule has 0 aliphatic carbocycles. The van der Waals surface area contributed by atoms with Crippen molar-refractivity contribution in [3.8, 4) is 0 Å². The molecule has 0 heterocycles. The smallest absolute Gasteiger partial charge is 0.298 e. The van der Waals surface area contributed by atoms with Gasteiger partial charge in [-0.1, -0.05) is 34.8 Å². The molecule has 1 amide bonds. The van der Waals surface area contributed by atoms with Crippen molar-refractivity contribution in [2.75, 3.05) is 0 Å². The zero-order valence-electron chi connectivity index (χ0n) is 3.42. The maximum Gasteiger partial charge on any atom is 0.317 e. The van der Waals surface area contributed by atoms with Crippen molar-refractivity contribution in [2.45, 2.75) is 3.92 Å². The maximum absolute atomic E-state index is 9.86. The Morgan fingerprint density at radius 1 is 1.38 bits per heavy atom. The predicted molar refractivity (Wildman–Crippen MR) is 34.7 cm³/mol. The van der Waals surface area contributed by atoms with Gasteiger partial charge in [0.1, 0.15) is 0 Å². The summed E-state index contributed by atoms with van der Waals surface area (Å²) in [6.07, 6.45) is 0. The summed E-state index contributed by atoms with van der Waals surface area (Å²) in [6, 6.07) is 0. The second kappa shape index (κ2) is 2.97. The fraction of sp³-hybridized carbons (Fsp3) is 0.500. The van der Waals surface area contributed by atoms with Crippen molar-refractivity contribution in [1.29, 1.82) is 0 Å². The summed E-state index contributed by atoms with van der Waals surface area (Å²) in [4.78, 5) is 9.86. The lowest BCUT2D eigenvalue weighted by molar-refractivity contribution is 0.260. The second-order valence-corrected chi connectivity index (χ2v) is 3.52. The maximum atomic E-state index is 9.86. The highest BCUT2D eigenvalue weighted by Crippen LogP contribution is 2.21. The lowest BCUT2D eigenvalue weighted by atomic mass is 11.2. The van der Waals surface area contributed by atoms with E-state index in [2.05, 4.69) is 0 Å². The summed E-state index contributed by atoms with van der Waals surface area (Å²) in [6.45, 7) is 0. The molecule has 0 aromatic carbocycles. The van der Waals surface area contributed by atoms with Crippen LogP contribution in [0.25, 0.3) is 0 Å². The van der Waals surface area contributed by atoms with Gasteiger partial charge in [0.25, 0.3) is 3.92 Å². The Hall–Kier alpha value is 0.630. The van der Waals surface area contributed by atoms with Crippen LogP contribution < -0.4 is 5.32 Å². The zero-order chi connectivity index (χ0) is 6.78. The number of carbonyl (C=O) groups excluding carboxylic acids is 1. The van der Waals surface area contributed by atoms with Gasteiger partial charge in [0.2, 0.25) is 0 Å². The molecule has 2 nitrogen and oxygen atoms in total. The van der Waals surface area contributed by atoms with Crippen molar-refractivity contribution in [2.24, 2.45) is 0 Å². The highest BCUT2D eigenvalue weighted by Gasteiger charge is 2.20. The topological polar surface area (TPSA) is 29.1 Å². The number of amides is 1. The number of nitrogens with one attached hydrogen (secondary N) is 1. The number of hydrogen-bond acceptors (Lipinski definition) is 1. The Morgan fingerprint density at radius 2 is 1.75 bits per heavy atom. The number of hydrogen-bond donors (Lipinski definition) is 1. The molecular weight excluding hydrogens is 196 g/mol. The van der Waals surface area contributed by atoms with Crippen LogP contribution in [-0.2, 0) is 0 Å². The highest BCUT2D eigenvalue weighted by atomic mass is 35.6. The predicted octanol–water partition coefficient (Wildman–Crippen LogP) is 2.26. The minimum atomic E-state index is -1.79. The van der Waals surface area contributed by atoms with Crippen LogP contribution >= 0.6 is 46.4 Å². The van der Waals surface area contributed by atoms with Gasteiger partial charge in [0.15, 0.2) is 0 Å². The van der Waals surface area contributed by atoms with Gasteiger partial charge >= 0.3 is 5.37 Å². The van der Waals surface area contributed by atoms with Gasteiger partial charge in [-0.05, 0) is 11.6 Å².